The van der Waals surface area contributed by atoms with E-state index in [-0.39, 0.29) is 0 Å². The second-order valence-corrected chi connectivity index (χ2v) is 4.44. The van der Waals surface area contributed by atoms with Gasteiger partial charge in [0.25, 0.3) is 0 Å². The molecule has 108 valence electrons. The summed E-state index contributed by atoms with van der Waals surface area (Å²) in [4.78, 5) is 8.27. The van der Waals surface area contributed by atoms with Gasteiger partial charge in [0.15, 0.2) is 0 Å². The van der Waals surface area contributed by atoms with E-state index in [0.29, 0.717) is 16.9 Å². The fraction of sp³-hybridized carbons (Fsp3) is 0.385. The molecule has 1 heterocycles. The Labute approximate surface area is 122 Å². The van der Waals surface area contributed by atoms with Crippen LogP contribution in [0, 0.1) is 0 Å². The van der Waals surface area contributed by atoms with Gasteiger partial charge in [0, 0.05) is 18.9 Å². The molecule has 1 aliphatic carbocycles. The second kappa shape index (κ2) is 6.47. The predicted octanol–water partition coefficient (Wildman–Crippen LogP) is 2.73. The zero-order valence-corrected chi connectivity index (χ0v) is 12.3. The number of aromatic nitrogens is 2. The number of hydrogen-bond acceptors (Lipinski definition) is 6. The Morgan fingerprint density at radius 1 is 1.15 bits per heavy atom. The molecular formula is C13H16ClN3O3. The molecule has 0 unspecified atom stereocenters. The van der Waals surface area contributed by atoms with Crippen LogP contribution >= 0.6 is 11.6 Å². The SMILES string of the molecule is COC1=CC(Nc2ncc(Cl)c(OC)n2)=C(OC)CC1. The van der Waals surface area contributed by atoms with Crippen molar-refractivity contribution in [3.05, 3.63) is 34.5 Å². The van der Waals surface area contributed by atoms with Gasteiger partial charge in [-0.15, -0.1) is 0 Å². The zero-order valence-electron chi connectivity index (χ0n) is 11.6. The lowest BCUT2D eigenvalue weighted by molar-refractivity contribution is 0.241. The summed E-state index contributed by atoms with van der Waals surface area (Å²) in [7, 11) is 4.77. The largest absolute Gasteiger partial charge is 0.501 e. The van der Waals surface area contributed by atoms with Crippen molar-refractivity contribution in [2.45, 2.75) is 12.8 Å². The topological polar surface area (TPSA) is 65.5 Å². The molecule has 0 aliphatic heterocycles. The van der Waals surface area contributed by atoms with E-state index >= 15 is 0 Å². The molecular weight excluding hydrogens is 282 g/mol. The van der Waals surface area contributed by atoms with Crippen LogP contribution in [0.4, 0.5) is 5.95 Å². The Kier molecular flexibility index (Phi) is 4.68. The number of anilines is 1. The zero-order chi connectivity index (χ0) is 14.5. The van der Waals surface area contributed by atoms with E-state index in [9.17, 15) is 0 Å². The molecule has 1 aromatic heterocycles. The van der Waals surface area contributed by atoms with E-state index in [1.165, 1.54) is 13.3 Å². The van der Waals surface area contributed by atoms with Crippen molar-refractivity contribution in [2.24, 2.45) is 0 Å². The van der Waals surface area contributed by atoms with Gasteiger partial charge in [0.05, 0.1) is 39.0 Å². The van der Waals surface area contributed by atoms with Gasteiger partial charge in [0.1, 0.15) is 10.8 Å². The monoisotopic (exact) mass is 297 g/mol. The normalized spacial score (nSPS) is 14.7. The molecule has 0 atom stereocenters. The lowest BCUT2D eigenvalue weighted by Gasteiger charge is -2.19. The summed E-state index contributed by atoms with van der Waals surface area (Å²) in [5.74, 6) is 2.39. The molecule has 0 aromatic carbocycles. The fourth-order valence-electron chi connectivity index (χ4n) is 1.84. The molecule has 0 amide bonds. The third-order valence-corrected chi connectivity index (χ3v) is 3.12. The van der Waals surface area contributed by atoms with Gasteiger partial charge in [-0.2, -0.15) is 4.98 Å². The highest BCUT2D eigenvalue weighted by Crippen LogP contribution is 2.27. The van der Waals surface area contributed by atoms with Gasteiger partial charge in [-0.3, -0.25) is 0 Å². The van der Waals surface area contributed by atoms with Crippen LogP contribution in [0.1, 0.15) is 12.8 Å². The van der Waals surface area contributed by atoms with Crippen molar-refractivity contribution in [3.63, 3.8) is 0 Å². The van der Waals surface area contributed by atoms with Crippen molar-refractivity contribution in [1.29, 1.82) is 0 Å². The Hall–Kier alpha value is -1.95. The number of nitrogens with one attached hydrogen (secondary N) is 1. The molecule has 6 nitrogen and oxygen atoms in total. The molecule has 0 fully saturated rings. The summed E-state index contributed by atoms with van der Waals surface area (Å²) in [6.45, 7) is 0. The first-order valence-corrected chi connectivity index (χ1v) is 6.41. The van der Waals surface area contributed by atoms with E-state index in [1.807, 2.05) is 6.08 Å². The number of hydrogen-bond donors (Lipinski definition) is 1. The van der Waals surface area contributed by atoms with Crippen molar-refractivity contribution in [2.75, 3.05) is 26.6 Å². The van der Waals surface area contributed by atoms with Gasteiger partial charge >= 0.3 is 0 Å². The minimum atomic E-state index is 0.315. The number of ether oxygens (including phenoxy) is 3. The first kappa shape index (κ1) is 14.5. The Bertz CT molecular complexity index is 558. The Morgan fingerprint density at radius 3 is 2.60 bits per heavy atom. The van der Waals surface area contributed by atoms with Crippen LogP contribution < -0.4 is 10.1 Å². The van der Waals surface area contributed by atoms with Gasteiger partial charge in [-0.1, -0.05) is 11.6 Å². The average Bonchev–Trinajstić information content (AvgIpc) is 2.49. The van der Waals surface area contributed by atoms with Gasteiger partial charge in [-0.25, -0.2) is 4.98 Å². The highest BCUT2D eigenvalue weighted by atomic mass is 35.5. The Morgan fingerprint density at radius 2 is 1.95 bits per heavy atom. The highest BCUT2D eigenvalue weighted by molar-refractivity contribution is 6.31. The third kappa shape index (κ3) is 3.14. The molecule has 0 spiro atoms. The molecule has 0 saturated carbocycles. The van der Waals surface area contributed by atoms with Crippen LogP contribution in [0.2, 0.25) is 5.02 Å². The lowest BCUT2D eigenvalue weighted by Crippen LogP contribution is -2.11. The summed E-state index contributed by atoms with van der Waals surface area (Å²) in [6.07, 6.45) is 4.90. The maximum Gasteiger partial charge on any atom is 0.237 e. The van der Waals surface area contributed by atoms with Gasteiger partial charge in [0.2, 0.25) is 11.8 Å². The molecule has 7 heteroatoms. The fourth-order valence-corrected chi connectivity index (χ4v) is 2.01. The molecule has 2 rings (SSSR count). The van der Waals surface area contributed by atoms with Crippen LogP contribution in [-0.2, 0) is 9.47 Å². The molecule has 0 radical (unpaired) electrons. The number of rotatable bonds is 5. The van der Waals surface area contributed by atoms with Gasteiger partial charge < -0.3 is 19.5 Å². The minimum Gasteiger partial charge on any atom is -0.501 e. The summed E-state index contributed by atoms with van der Waals surface area (Å²) in [6, 6.07) is 0. The summed E-state index contributed by atoms with van der Waals surface area (Å²) in [5, 5.41) is 3.44. The minimum absolute atomic E-state index is 0.315. The summed E-state index contributed by atoms with van der Waals surface area (Å²) >= 11 is 5.89. The van der Waals surface area contributed by atoms with Gasteiger partial charge in [-0.05, 0) is 0 Å². The van der Waals surface area contributed by atoms with Crippen LogP contribution in [0.15, 0.2) is 29.5 Å². The van der Waals surface area contributed by atoms with Crippen LogP contribution in [0.25, 0.3) is 0 Å². The molecule has 1 N–H and O–H groups in total. The molecule has 20 heavy (non-hydrogen) atoms. The predicted molar refractivity (Wildman–Crippen MR) is 75.6 cm³/mol. The first-order chi connectivity index (χ1) is 9.67. The van der Waals surface area contributed by atoms with E-state index in [0.717, 1.165) is 30.1 Å². The molecule has 1 aromatic rings. The highest BCUT2D eigenvalue weighted by Gasteiger charge is 2.16. The number of methoxy groups -OCH3 is 3. The standard InChI is InChI=1S/C13H16ClN3O3/c1-18-8-4-5-11(19-2)10(6-8)16-13-15-7-9(14)12(17-13)20-3/h6-7H,4-5H2,1-3H3,(H,15,16,17). The Balaban J connectivity index is 2.27. The maximum absolute atomic E-state index is 5.89. The van der Waals surface area contributed by atoms with E-state index in [2.05, 4.69) is 15.3 Å². The van der Waals surface area contributed by atoms with E-state index in [4.69, 9.17) is 25.8 Å². The number of halogens is 1. The van der Waals surface area contributed by atoms with Crippen molar-refractivity contribution in [1.82, 2.24) is 9.97 Å². The maximum atomic E-state index is 5.89. The molecule has 0 saturated heterocycles. The summed E-state index contributed by atoms with van der Waals surface area (Å²) < 4.78 is 15.7. The molecule has 0 bridgehead atoms. The second-order valence-electron chi connectivity index (χ2n) is 4.03. The first-order valence-electron chi connectivity index (χ1n) is 6.03. The quantitative estimate of drug-likeness (QED) is 0.901. The van der Waals surface area contributed by atoms with Crippen molar-refractivity contribution in [3.8, 4) is 5.88 Å². The molecule has 1 aliphatic rings. The van der Waals surface area contributed by atoms with E-state index in [1.54, 1.807) is 14.2 Å². The third-order valence-electron chi connectivity index (χ3n) is 2.86. The van der Waals surface area contributed by atoms with Crippen molar-refractivity contribution >= 4 is 17.5 Å². The summed E-state index contributed by atoms with van der Waals surface area (Å²) in [5.41, 5.74) is 0.764. The van der Waals surface area contributed by atoms with Crippen LogP contribution in [0.5, 0.6) is 5.88 Å². The lowest BCUT2D eigenvalue weighted by atomic mass is 10.1. The average molecular weight is 298 g/mol. The smallest absolute Gasteiger partial charge is 0.237 e. The number of allylic oxidation sites excluding steroid dienone is 3. The number of nitrogens with zero attached hydrogens (tertiary/aromatic N) is 2. The van der Waals surface area contributed by atoms with E-state index < -0.39 is 0 Å². The van der Waals surface area contributed by atoms with Crippen LogP contribution in [0.3, 0.4) is 0 Å². The van der Waals surface area contributed by atoms with Crippen LogP contribution in [-0.4, -0.2) is 31.3 Å². The van der Waals surface area contributed by atoms with Crippen molar-refractivity contribution < 1.29 is 14.2 Å².